The highest BCUT2D eigenvalue weighted by atomic mass is 79.9. The molecule has 0 aliphatic rings. The topological polar surface area (TPSA) is 29.9 Å². The number of aryl methyl sites for hydroxylation is 2. The standard InChI is InChI=1S/C15H20BrN3/c1-10(2)8-17-15-18-12(4)9-19(15)13-6-5-11(3)14(16)7-13/h5-7,9-10H,8H2,1-4H3,(H,17,18). The van der Waals surface area contributed by atoms with Gasteiger partial charge in [0.1, 0.15) is 0 Å². The van der Waals surface area contributed by atoms with Gasteiger partial charge in [0.05, 0.1) is 5.69 Å². The third-order valence-electron chi connectivity index (χ3n) is 2.93. The molecule has 1 heterocycles. The van der Waals surface area contributed by atoms with E-state index >= 15 is 0 Å². The Morgan fingerprint density at radius 1 is 1.32 bits per heavy atom. The summed E-state index contributed by atoms with van der Waals surface area (Å²) in [7, 11) is 0. The van der Waals surface area contributed by atoms with Crippen molar-refractivity contribution in [3.8, 4) is 5.69 Å². The third kappa shape index (κ3) is 3.38. The van der Waals surface area contributed by atoms with E-state index in [9.17, 15) is 0 Å². The van der Waals surface area contributed by atoms with Crippen LogP contribution < -0.4 is 5.32 Å². The van der Waals surface area contributed by atoms with Crippen molar-refractivity contribution >= 4 is 21.9 Å². The molecular weight excluding hydrogens is 302 g/mol. The number of aromatic nitrogens is 2. The Morgan fingerprint density at radius 2 is 2.05 bits per heavy atom. The molecule has 1 aromatic carbocycles. The normalized spacial score (nSPS) is 11.1. The van der Waals surface area contributed by atoms with E-state index in [0.717, 1.165) is 28.3 Å². The number of halogens is 1. The Bertz CT molecular complexity index is 573. The molecule has 19 heavy (non-hydrogen) atoms. The first-order valence-corrected chi connectivity index (χ1v) is 7.33. The number of imidazole rings is 1. The van der Waals surface area contributed by atoms with E-state index in [1.54, 1.807) is 0 Å². The Morgan fingerprint density at radius 3 is 2.68 bits per heavy atom. The van der Waals surface area contributed by atoms with E-state index in [1.165, 1.54) is 5.56 Å². The van der Waals surface area contributed by atoms with Crippen LogP contribution in [0.1, 0.15) is 25.1 Å². The van der Waals surface area contributed by atoms with Gasteiger partial charge in [-0.2, -0.15) is 0 Å². The molecule has 2 rings (SSSR count). The zero-order chi connectivity index (χ0) is 14.0. The highest BCUT2D eigenvalue weighted by Crippen LogP contribution is 2.23. The van der Waals surface area contributed by atoms with Gasteiger partial charge in [-0.05, 0) is 37.5 Å². The van der Waals surface area contributed by atoms with Crippen LogP contribution in [0.3, 0.4) is 0 Å². The fourth-order valence-corrected chi connectivity index (χ4v) is 2.21. The number of hydrogen-bond acceptors (Lipinski definition) is 2. The Hall–Kier alpha value is -1.29. The van der Waals surface area contributed by atoms with Gasteiger partial charge < -0.3 is 5.32 Å². The van der Waals surface area contributed by atoms with Crippen LogP contribution in [-0.2, 0) is 0 Å². The summed E-state index contributed by atoms with van der Waals surface area (Å²) < 4.78 is 3.22. The summed E-state index contributed by atoms with van der Waals surface area (Å²) in [5.74, 6) is 1.50. The van der Waals surface area contributed by atoms with Crippen LogP contribution in [0.25, 0.3) is 5.69 Å². The van der Waals surface area contributed by atoms with Gasteiger partial charge in [0.2, 0.25) is 5.95 Å². The highest BCUT2D eigenvalue weighted by Gasteiger charge is 2.08. The van der Waals surface area contributed by atoms with Gasteiger partial charge in [0.15, 0.2) is 0 Å². The molecule has 0 aliphatic carbocycles. The molecule has 1 N–H and O–H groups in total. The molecule has 0 saturated heterocycles. The molecule has 0 bridgehead atoms. The van der Waals surface area contributed by atoms with E-state index in [2.05, 4.69) is 76.0 Å². The van der Waals surface area contributed by atoms with Crippen molar-refractivity contribution in [3.63, 3.8) is 0 Å². The summed E-state index contributed by atoms with van der Waals surface area (Å²) in [6, 6.07) is 6.35. The second-order valence-electron chi connectivity index (χ2n) is 5.28. The first kappa shape index (κ1) is 14.1. The number of benzene rings is 1. The van der Waals surface area contributed by atoms with E-state index in [0.29, 0.717) is 5.92 Å². The lowest BCUT2D eigenvalue weighted by Crippen LogP contribution is -2.12. The van der Waals surface area contributed by atoms with Crippen LogP contribution in [-0.4, -0.2) is 16.1 Å². The minimum Gasteiger partial charge on any atom is -0.355 e. The maximum atomic E-state index is 4.55. The summed E-state index contributed by atoms with van der Waals surface area (Å²) >= 11 is 3.58. The van der Waals surface area contributed by atoms with Crippen molar-refractivity contribution in [1.29, 1.82) is 0 Å². The third-order valence-corrected chi connectivity index (χ3v) is 3.78. The van der Waals surface area contributed by atoms with Crippen molar-refractivity contribution in [2.24, 2.45) is 5.92 Å². The van der Waals surface area contributed by atoms with E-state index < -0.39 is 0 Å². The summed E-state index contributed by atoms with van der Waals surface area (Å²) in [5, 5.41) is 3.40. The minimum atomic E-state index is 0.593. The molecule has 0 unspecified atom stereocenters. The van der Waals surface area contributed by atoms with Crippen LogP contribution in [0.5, 0.6) is 0 Å². The first-order valence-electron chi connectivity index (χ1n) is 6.53. The Labute approximate surface area is 123 Å². The molecule has 2 aromatic rings. The smallest absolute Gasteiger partial charge is 0.207 e. The highest BCUT2D eigenvalue weighted by molar-refractivity contribution is 9.10. The fraction of sp³-hybridized carbons (Fsp3) is 0.400. The van der Waals surface area contributed by atoms with Gasteiger partial charge in [0, 0.05) is 22.9 Å². The predicted molar refractivity (Wildman–Crippen MR) is 84.1 cm³/mol. The van der Waals surface area contributed by atoms with E-state index in [1.807, 2.05) is 6.92 Å². The molecule has 0 spiro atoms. The monoisotopic (exact) mass is 321 g/mol. The predicted octanol–water partition coefficient (Wildman–Crippen LogP) is 4.32. The lowest BCUT2D eigenvalue weighted by atomic mass is 10.2. The maximum absolute atomic E-state index is 4.55. The number of nitrogens with one attached hydrogen (secondary N) is 1. The summed E-state index contributed by atoms with van der Waals surface area (Å²) in [4.78, 5) is 4.55. The average molecular weight is 322 g/mol. The SMILES string of the molecule is Cc1cn(-c2ccc(C)c(Br)c2)c(NCC(C)C)n1. The van der Waals surface area contributed by atoms with E-state index in [4.69, 9.17) is 0 Å². The lowest BCUT2D eigenvalue weighted by molar-refractivity contribution is 0.683. The van der Waals surface area contributed by atoms with Crippen molar-refractivity contribution in [1.82, 2.24) is 9.55 Å². The van der Waals surface area contributed by atoms with Gasteiger partial charge in [-0.1, -0.05) is 35.8 Å². The number of rotatable bonds is 4. The largest absolute Gasteiger partial charge is 0.355 e. The summed E-state index contributed by atoms with van der Waals surface area (Å²) in [5.41, 5.74) is 3.37. The van der Waals surface area contributed by atoms with Crippen molar-refractivity contribution < 1.29 is 0 Å². The second-order valence-corrected chi connectivity index (χ2v) is 6.14. The van der Waals surface area contributed by atoms with Gasteiger partial charge in [-0.25, -0.2) is 4.98 Å². The molecule has 0 atom stereocenters. The zero-order valence-corrected chi connectivity index (χ0v) is 13.5. The van der Waals surface area contributed by atoms with Crippen LogP contribution in [0, 0.1) is 19.8 Å². The summed E-state index contributed by atoms with van der Waals surface area (Å²) in [6.07, 6.45) is 2.06. The van der Waals surface area contributed by atoms with Crippen molar-refractivity contribution in [2.45, 2.75) is 27.7 Å². The Kier molecular flexibility index (Phi) is 4.30. The fourth-order valence-electron chi connectivity index (χ4n) is 1.85. The van der Waals surface area contributed by atoms with E-state index in [-0.39, 0.29) is 0 Å². The van der Waals surface area contributed by atoms with Gasteiger partial charge >= 0.3 is 0 Å². The van der Waals surface area contributed by atoms with Gasteiger partial charge in [0.25, 0.3) is 0 Å². The van der Waals surface area contributed by atoms with Gasteiger partial charge in [-0.15, -0.1) is 0 Å². The molecule has 0 radical (unpaired) electrons. The zero-order valence-electron chi connectivity index (χ0n) is 11.9. The average Bonchev–Trinajstić information content (AvgIpc) is 2.71. The van der Waals surface area contributed by atoms with Crippen molar-refractivity contribution in [2.75, 3.05) is 11.9 Å². The molecule has 1 aromatic heterocycles. The first-order chi connectivity index (χ1) is 8.97. The molecule has 0 saturated carbocycles. The summed E-state index contributed by atoms with van der Waals surface area (Å²) in [6.45, 7) is 9.40. The molecule has 0 amide bonds. The number of anilines is 1. The molecular formula is C15H20BrN3. The van der Waals surface area contributed by atoms with Crippen LogP contribution in [0.15, 0.2) is 28.9 Å². The molecule has 102 valence electrons. The minimum absolute atomic E-state index is 0.593. The van der Waals surface area contributed by atoms with Crippen LogP contribution in [0.2, 0.25) is 0 Å². The molecule has 0 fully saturated rings. The number of nitrogens with zero attached hydrogens (tertiary/aromatic N) is 2. The number of hydrogen-bond donors (Lipinski definition) is 1. The van der Waals surface area contributed by atoms with Crippen molar-refractivity contribution in [3.05, 3.63) is 40.1 Å². The van der Waals surface area contributed by atoms with Gasteiger partial charge in [-0.3, -0.25) is 4.57 Å². The quantitative estimate of drug-likeness (QED) is 0.908. The second kappa shape index (κ2) is 5.78. The van der Waals surface area contributed by atoms with Crippen LogP contribution in [0.4, 0.5) is 5.95 Å². The van der Waals surface area contributed by atoms with Crippen LogP contribution >= 0.6 is 15.9 Å². The molecule has 4 heteroatoms. The lowest BCUT2D eigenvalue weighted by Gasteiger charge is -2.12. The molecule has 3 nitrogen and oxygen atoms in total. The maximum Gasteiger partial charge on any atom is 0.207 e. The molecule has 0 aliphatic heterocycles. The Balaban J connectivity index is 2.35.